The van der Waals surface area contributed by atoms with E-state index >= 15 is 0 Å². The van der Waals surface area contributed by atoms with Crippen LogP contribution < -0.4 is 5.32 Å². The minimum absolute atomic E-state index is 0.921. The summed E-state index contributed by atoms with van der Waals surface area (Å²) in [5.41, 5.74) is 2.22. The molecule has 2 heterocycles. The Morgan fingerprint density at radius 3 is 3.13 bits per heavy atom. The fraction of sp³-hybridized carbons (Fsp3) is 0. The Balaban J connectivity index is 1.97. The number of anilines is 2. The number of hydrogen-bond donors (Lipinski definition) is 2. The van der Waals surface area contributed by atoms with Crippen molar-refractivity contribution >= 4 is 33.1 Å². The van der Waals surface area contributed by atoms with Crippen LogP contribution >= 0.6 is 11.3 Å². The topological polar surface area (TPSA) is 40.7 Å². The Hall–Kier alpha value is -1.81. The molecule has 0 aliphatic rings. The van der Waals surface area contributed by atoms with Gasteiger partial charge >= 0.3 is 0 Å². The number of hydrogen-bond acceptors (Lipinski definition) is 3. The lowest BCUT2D eigenvalue weighted by molar-refractivity contribution is 1.39. The maximum absolute atomic E-state index is 4.18. The van der Waals surface area contributed by atoms with Crippen molar-refractivity contribution in [1.82, 2.24) is 9.97 Å². The van der Waals surface area contributed by atoms with E-state index < -0.39 is 0 Å². The molecule has 0 saturated carbocycles. The second kappa shape index (κ2) is 3.40. The van der Waals surface area contributed by atoms with E-state index in [9.17, 15) is 0 Å². The van der Waals surface area contributed by atoms with Gasteiger partial charge in [-0.25, -0.2) is 4.98 Å². The van der Waals surface area contributed by atoms with E-state index in [1.54, 1.807) is 17.5 Å². The molecule has 0 aliphatic heterocycles. The Kier molecular flexibility index (Phi) is 1.93. The number of H-pyrrole nitrogens is 1. The fourth-order valence-corrected chi connectivity index (χ4v) is 2.09. The second-order valence-electron chi connectivity index (χ2n) is 3.24. The first kappa shape index (κ1) is 8.49. The first-order chi connectivity index (χ1) is 7.42. The largest absolute Gasteiger partial charge is 0.361 e. The Bertz CT molecular complexity index is 568. The zero-order chi connectivity index (χ0) is 10.1. The van der Waals surface area contributed by atoms with E-state index in [1.165, 1.54) is 5.39 Å². The van der Waals surface area contributed by atoms with E-state index in [-0.39, 0.29) is 0 Å². The average Bonchev–Trinajstić information content (AvgIpc) is 2.87. The molecule has 4 heteroatoms. The maximum atomic E-state index is 4.18. The first-order valence-electron chi connectivity index (χ1n) is 4.65. The van der Waals surface area contributed by atoms with Gasteiger partial charge in [-0.2, -0.15) is 0 Å². The summed E-state index contributed by atoms with van der Waals surface area (Å²) in [5, 5.41) is 7.34. The molecule has 3 rings (SSSR count). The molecule has 0 fully saturated rings. The Morgan fingerprint density at radius 1 is 1.27 bits per heavy atom. The Morgan fingerprint density at radius 2 is 2.27 bits per heavy atom. The smallest absolute Gasteiger partial charge is 0.187 e. The number of benzene rings is 1. The van der Waals surface area contributed by atoms with Crippen LogP contribution in [0.4, 0.5) is 10.8 Å². The highest BCUT2D eigenvalue weighted by molar-refractivity contribution is 7.13. The van der Waals surface area contributed by atoms with Crippen LogP contribution in [0.25, 0.3) is 10.9 Å². The SMILES string of the molecule is c1csc(Nc2ccc3[nH]ccc3c2)n1. The molecule has 1 aromatic carbocycles. The molecule has 0 saturated heterocycles. The van der Waals surface area contributed by atoms with Gasteiger partial charge in [-0.3, -0.25) is 0 Å². The molecule has 0 bridgehead atoms. The molecule has 0 aliphatic carbocycles. The van der Waals surface area contributed by atoms with Crippen LogP contribution in [0.15, 0.2) is 42.0 Å². The first-order valence-corrected chi connectivity index (χ1v) is 5.53. The highest BCUT2D eigenvalue weighted by Crippen LogP contribution is 2.22. The van der Waals surface area contributed by atoms with Gasteiger partial charge in [0.05, 0.1) is 0 Å². The highest BCUT2D eigenvalue weighted by Gasteiger charge is 1.98. The summed E-state index contributed by atoms with van der Waals surface area (Å²) in [7, 11) is 0. The molecule has 3 nitrogen and oxygen atoms in total. The summed E-state index contributed by atoms with van der Waals surface area (Å²) in [4.78, 5) is 7.34. The monoisotopic (exact) mass is 215 g/mol. The second-order valence-corrected chi connectivity index (χ2v) is 4.14. The van der Waals surface area contributed by atoms with Gasteiger partial charge in [0.25, 0.3) is 0 Å². The number of thiazole rings is 1. The highest BCUT2D eigenvalue weighted by atomic mass is 32.1. The van der Waals surface area contributed by atoms with E-state index in [0.717, 1.165) is 16.3 Å². The molecule has 0 atom stereocenters. The number of rotatable bonds is 2. The van der Waals surface area contributed by atoms with Gasteiger partial charge in [-0.1, -0.05) is 0 Å². The molecule has 3 aromatic rings. The molecule has 74 valence electrons. The van der Waals surface area contributed by atoms with Gasteiger partial charge in [0.15, 0.2) is 5.13 Å². The summed E-state index contributed by atoms with van der Waals surface area (Å²) >= 11 is 1.60. The predicted molar refractivity (Wildman–Crippen MR) is 63.7 cm³/mol. The van der Waals surface area contributed by atoms with Crippen molar-refractivity contribution in [2.75, 3.05) is 5.32 Å². The third-order valence-corrected chi connectivity index (χ3v) is 2.93. The average molecular weight is 215 g/mol. The molecule has 15 heavy (non-hydrogen) atoms. The van der Waals surface area contributed by atoms with Gasteiger partial charge in [0.2, 0.25) is 0 Å². The van der Waals surface area contributed by atoms with Gasteiger partial charge in [-0.15, -0.1) is 11.3 Å². The minimum Gasteiger partial charge on any atom is -0.361 e. The third kappa shape index (κ3) is 1.59. The van der Waals surface area contributed by atoms with Crippen molar-refractivity contribution in [3.8, 4) is 0 Å². The number of aromatic amines is 1. The molecule has 2 aromatic heterocycles. The quantitative estimate of drug-likeness (QED) is 0.688. The number of nitrogens with one attached hydrogen (secondary N) is 2. The summed E-state index contributed by atoms with van der Waals surface area (Å²) in [6.07, 6.45) is 3.74. The van der Waals surface area contributed by atoms with E-state index in [4.69, 9.17) is 0 Å². The zero-order valence-corrected chi connectivity index (χ0v) is 8.71. The van der Waals surface area contributed by atoms with Crippen LogP contribution in [0.1, 0.15) is 0 Å². The third-order valence-electron chi connectivity index (χ3n) is 2.24. The van der Waals surface area contributed by atoms with Crippen molar-refractivity contribution in [3.05, 3.63) is 42.0 Å². The minimum atomic E-state index is 0.921. The fourth-order valence-electron chi connectivity index (χ4n) is 1.54. The lowest BCUT2D eigenvalue weighted by atomic mass is 10.2. The van der Waals surface area contributed by atoms with Crippen LogP contribution in [0.5, 0.6) is 0 Å². The van der Waals surface area contributed by atoms with Gasteiger partial charge in [-0.05, 0) is 24.3 Å². The van der Waals surface area contributed by atoms with Crippen LogP contribution in [0, 0.1) is 0 Å². The van der Waals surface area contributed by atoms with Crippen molar-refractivity contribution in [2.45, 2.75) is 0 Å². The summed E-state index contributed by atoms with van der Waals surface area (Å²) in [5.74, 6) is 0. The Labute approximate surface area is 90.8 Å². The van der Waals surface area contributed by atoms with Gasteiger partial charge < -0.3 is 10.3 Å². The van der Waals surface area contributed by atoms with Gasteiger partial charge in [0.1, 0.15) is 0 Å². The number of nitrogens with zero attached hydrogens (tertiary/aromatic N) is 1. The number of aromatic nitrogens is 2. The standard InChI is InChI=1S/C11H9N3S/c1-2-10-8(3-4-12-10)7-9(1)14-11-13-5-6-15-11/h1-7,12H,(H,13,14). The molecule has 0 unspecified atom stereocenters. The zero-order valence-electron chi connectivity index (χ0n) is 7.90. The predicted octanol–water partition coefficient (Wildman–Crippen LogP) is 3.37. The lowest BCUT2D eigenvalue weighted by Crippen LogP contribution is -1.87. The van der Waals surface area contributed by atoms with Gasteiger partial charge in [0, 0.05) is 34.4 Å². The van der Waals surface area contributed by atoms with Crippen molar-refractivity contribution in [1.29, 1.82) is 0 Å². The molecular weight excluding hydrogens is 206 g/mol. The van der Waals surface area contributed by atoms with Crippen LogP contribution in [0.3, 0.4) is 0 Å². The molecule has 0 amide bonds. The summed E-state index contributed by atoms with van der Waals surface area (Å²) in [6, 6.07) is 8.26. The molecule has 2 N–H and O–H groups in total. The van der Waals surface area contributed by atoms with Crippen LogP contribution in [-0.4, -0.2) is 9.97 Å². The summed E-state index contributed by atoms with van der Waals surface area (Å²) in [6.45, 7) is 0. The van der Waals surface area contributed by atoms with E-state index in [2.05, 4.69) is 33.5 Å². The van der Waals surface area contributed by atoms with Crippen molar-refractivity contribution in [3.63, 3.8) is 0 Å². The summed E-state index contributed by atoms with van der Waals surface area (Å²) < 4.78 is 0. The van der Waals surface area contributed by atoms with Crippen LogP contribution in [-0.2, 0) is 0 Å². The normalized spacial score (nSPS) is 10.7. The van der Waals surface area contributed by atoms with Crippen LogP contribution in [0.2, 0.25) is 0 Å². The van der Waals surface area contributed by atoms with Crippen molar-refractivity contribution in [2.24, 2.45) is 0 Å². The van der Waals surface area contributed by atoms with E-state index in [1.807, 2.05) is 17.6 Å². The molecule has 0 radical (unpaired) electrons. The van der Waals surface area contributed by atoms with E-state index in [0.29, 0.717) is 0 Å². The maximum Gasteiger partial charge on any atom is 0.187 e. The molecule has 0 spiro atoms. The lowest BCUT2D eigenvalue weighted by Gasteiger charge is -2.01. The molecular formula is C11H9N3S. The van der Waals surface area contributed by atoms with Crippen molar-refractivity contribution < 1.29 is 0 Å². The number of fused-ring (bicyclic) bond motifs is 1.